The Morgan fingerprint density at radius 1 is 1.47 bits per heavy atom. The number of nitrogens with one attached hydrogen (secondary N) is 2. The molecule has 0 saturated carbocycles. The van der Waals surface area contributed by atoms with Crippen molar-refractivity contribution in [3.05, 3.63) is 33.0 Å². The van der Waals surface area contributed by atoms with Crippen LogP contribution in [0.2, 0.25) is 8.67 Å². The molecule has 0 aliphatic carbocycles. The molecule has 0 aromatic carbocycles. The Labute approximate surface area is 112 Å². The maximum Gasteiger partial charge on any atom is 0.243 e. The summed E-state index contributed by atoms with van der Waals surface area (Å²) in [7, 11) is -3.65. The third-order valence-electron chi connectivity index (χ3n) is 1.92. The van der Waals surface area contributed by atoms with Gasteiger partial charge in [-0.3, -0.25) is 0 Å². The highest BCUT2D eigenvalue weighted by Crippen LogP contribution is 2.34. The first-order valence-corrected chi connectivity index (χ1v) is 7.46. The molecular formula is C8H7Cl2N3O2S2. The van der Waals surface area contributed by atoms with E-state index in [0.717, 1.165) is 11.3 Å². The summed E-state index contributed by atoms with van der Waals surface area (Å²) in [5.74, 6) is 0. The Balaban J connectivity index is 2.17. The van der Waals surface area contributed by atoms with Gasteiger partial charge < -0.3 is 4.98 Å². The highest BCUT2D eigenvalue weighted by atomic mass is 35.5. The highest BCUT2D eigenvalue weighted by molar-refractivity contribution is 7.89. The summed E-state index contributed by atoms with van der Waals surface area (Å²) in [6, 6.07) is 1.32. The smallest absolute Gasteiger partial charge is 0.243 e. The number of aromatic nitrogens is 2. The van der Waals surface area contributed by atoms with Gasteiger partial charge in [-0.15, -0.1) is 11.3 Å². The van der Waals surface area contributed by atoms with Gasteiger partial charge in [-0.25, -0.2) is 18.1 Å². The maximum absolute atomic E-state index is 11.9. The van der Waals surface area contributed by atoms with Gasteiger partial charge in [-0.1, -0.05) is 23.2 Å². The van der Waals surface area contributed by atoms with E-state index in [1.165, 1.54) is 18.6 Å². The van der Waals surface area contributed by atoms with Gasteiger partial charge >= 0.3 is 0 Å². The summed E-state index contributed by atoms with van der Waals surface area (Å²) in [6.45, 7) is 0.117. The molecule has 2 N–H and O–H groups in total. The van der Waals surface area contributed by atoms with E-state index in [4.69, 9.17) is 23.2 Å². The van der Waals surface area contributed by atoms with E-state index in [-0.39, 0.29) is 15.8 Å². The van der Waals surface area contributed by atoms with Gasteiger partial charge in [0.25, 0.3) is 0 Å². The molecule has 2 aromatic heterocycles. The number of nitrogens with zero attached hydrogens (tertiary/aromatic N) is 1. The van der Waals surface area contributed by atoms with Crippen molar-refractivity contribution in [2.75, 3.05) is 0 Å². The van der Waals surface area contributed by atoms with Crippen LogP contribution in [-0.4, -0.2) is 18.4 Å². The Bertz CT molecular complexity index is 607. The molecule has 2 rings (SSSR count). The number of imidazole rings is 1. The molecule has 0 saturated heterocycles. The fourth-order valence-electron chi connectivity index (χ4n) is 1.14. The maximum atomic E-state index is 11.9. The molecule has 5 nitrogen and oxygen atoms in total. The zero-order chi connectivity index (χ0) is 12.5. The topological polar surface area (TPSA) is 74.8 Å². The average molecular weight is 312 g/mol. The normalized spacial score (nSPS) is 11.9. The first kappa shape index (κ1) is 12.8. The van der Waals surface area contributed by atoms with Gasteiger partial charge in [0.1, 0.15) is 9.23 Å². The van der Waals surface area contributed by atoms with E-state index < -0.39 is 10.0 Å². The number of sulfonamides is 1. The van der Waals surface area contributed by atoms with Crippen molar-refractivity contribution in [2.45, 2.75) is 11.4 Å². The molecular weight excluding hydrogens is 305 g/mol. The van der Waals surface area contributed by atoms with E-state index in [9.17, 15) is 8.42 Å². The number of rotatable bonds is 4. The largest absolute Gasteiger partial charge is 0.347 e. The minimum absolute atomic E-state index is 0.00585. The number of hydrogen-bond donors (Lipinski definition) is 2. The number of hydrogen-bond acceptors (Lipinski definition) is 4. The molecule has 17 heavy (non-hydrogen) atoms. The second-order valence-corrected chi connectivity index (χ2v) is 7.11. The molecule has 2 heterocycles. The van der Waals surface area contributed by atoms with Crippen LogP contribution in [-0.2, 0) is 16.6 Å². The lowest BCUT2D eigenvalue weighted by Gasteiger charge is -2.03. The minimum atomic E-state index is -3.65. The molecule has 92 valence electrons. The van der Waals surface area contributed by atoms with Gasteiger partial charge in [0.05, 0.1) is 17.2 Å². The van der Waals surface area contributed by atoms with Crippen molar-refractivity contribution in [3.8, 4) is 0 Å². The Morgan fingerprint density at radius 3 is 2.76 bits per heavy atom. The van der Waals surface area contributed by atoms with E-state index in [2.05, 4.69) is 14.7 Å². The molecule has 0 amide bonds. The summed E-state index contributed by atoms with van der Waals surface area (Å²) >= 11 is 12.5. The quantitative estimate of drug-likeness (QED) is 0.909. The summed E-state index contributed by atoms with van der Waals surface area (Å²) in [4.78, 5) is 6.56. The van der Waals surface area contributed by atoms with Crippen LogP contribution in [0.25, 0.3) is 0 Å². The lowest BCUT2D eigenvalue weighted by Crippen LogP contribution is -2.23. The molecule has 9 heteroatoms. The number of halogens is 2. The molecule has 0 spiro atoms. The molecule has 0 bridgehead atoms. The standard InChI is InChI=1S/C8H7Cl2N3O2S2/c9-7-1-6(8(10)16-7)17(14,15)13-3-5-2-11-4-12-5/h1-2,4,13H,3H2,(H,11,12). The molecule has 0 aliphatic heterocycles. The van der Waals surface area contributed by atoms with Gasteiger partial charge in [-0.2, -0.15) is 0 Å². The van der Waals surface area contributed by atoms with Crippen LogP contribution in [0.3, 0.4) is 0 Å². The fraction of sp³-hybridized carbons (Fsp3) is 0.125. The van der Waals surface area contributed by atoms with Crippen molar-refractivity contribution in [2.24, 2.45) is 0 Å². The summed E-state index contributed by atoms with van der Waals surface area (Å²) < 4.78 is 26.6. The van der Waals surface area contributed by atoms with Crippen LogP contribution in [0, 0.1) is 0 Å². The average Bonchev–Trinajstić information content (AvgIpc) is 2.85. The van der Waals surface area contributed by atoms with Crippen molar-refractivity contribution in [1.29, 1.82) is 0 Å². The summed E-state index contributed by atoms with van der Waals surface area (Å²) in [5.41, 5.74) is 0.658. The molecule has 0 aliphatic rings. The molecule has 2 aromatic rings. The monoisotopic (exact) mass is 311 g/mol. The van der Waals surface area contributed by atoms with Crippen LogP contribution in [0.5, 0.6) is 0 Å². The van der Waals surface area contributed by atoms with Crippen LogP contribution >= 0.6 is 34.5 Å². The van der Waals surface area contributed by atoms with Crippen LogP contribution in [0.15, 0.2) is 23.5 Å². The summed E-state index contributed by atoms with van der Waals surface area (Å²) in [6.07, 6.45) is 3.00. The second-order valence-electron chi connectivity index (χ2n) is 3.09. The minimum Gasteiger partial charge on any atom is -0.347 e. The number of aromatic amines is 1. The van der Waals surface area contributed by atoms with E-state index >= 15 is 0 Å². The van der Waals surface area contributed by atoms with Crippen LogP contribution < -0.4 is 4.72 Å². The van der Waals surface area contributed by atoms with Crippen molar-refractivity contribution in [1.82, 2.24) is 14.7 Å². The zero-order valence-corrected chi connectivity index (χ0v) is 11.4. The SMILES string of the molecule is O=S(=O)(NCc1cnc[nH]1)c1cc(Cl)sc1Cl. The Kier molecular flexibility index (Phi) is 3.74. The van der Waals surface area contributed by atoms with Crippen LogP contribution in [0.4, 0.5) is 0 Å². The third-order valence-corrected chi connectivity index (χ3v) is 5.08. The van der Waals surface area contributed by atoms with Crippen LogP contribution in [0.1, 0.15) is 5.69 Å². The lowest BCUT2D eigenvalue weighted by molar-refractivity contribution is 0.581. The van der Waals surface area contributed by atoms with E-state index in [0.29, 0.717) is 10.0 Å². The van der Waals surface area contributed by atoms with Gasteiger partial charge in [0.2, 0.25) is 10.0 Å². The van der Waals surface area contributed by atoms with E-state index in [1.54, 1.807) is 0 Å². The van der Waals surface area contributed by atoms with Crippen molar-refractivity contribution in [3.63, 3.8) is 0 Å². The Hall–Kier alpha value is -0.600. The summed E-state index contributed by atoms with van der Waals surface area (Å²) in [5, 5.41) is 0. The third kappa shape index (κ3) is 2.99. The first-order valence-electron chi connectivity index (χ1n) is 4.41. The van der Waals surface area contributed by atoms with E-state index in [1.807, 2.05) is 0 Å². The number of H-pyrrole nitrogens is 1. The molecule has 0 unspecified atom stereocenters. The van der Waals surface area contributed by atoms with Crippen molar-refractivity contribution >= 4 is 44.6 Å². The predicted octanol–water partition coefficient (Wildman–Crippen LogP) is 2.26. The molecule has 0 fully saturated rings. The molecule has 0 atom stereocenters. The predicted molar refractivity (Wildman–Crippen MR) is 67.0 cm³/mol. The van der Waals surface area contributed by atoms with Crippen molar-refractivity contribution < 1.29 is 8.42 Å². The van der Waals surface area contributed by atoms with Gasteiger partial charge in [0.15, 0.2) is 0 Å². The first-order chi connectivity index (χ1) is 7.99. The highest BCUT2D eigenvalue weighted by Gasteiger charge is 2.20. The zero-order valence-electron chi connectivity index (χ0n) is 8.28. The fourth-order valence-corrected chi connectivity index (χ4v) is 4.29. The van der Waals surface area contributed by atoms with Gasteiger partial charge in [-0.05, 0) is 6.07 Å². The molecule has 0 radical (unpaired) electrons. The lowest BCUT2D eigenvalue weighted by atomic mass is 10.5. The Morgan fingerprint density at radius 2 is 2.24 bits per heavy atom. The second kappa shape index (κ2) is 4.95. The number of thiophene rings is 1. The van der Waals surface area contributed by atoms with Gasteiger partial charge in [0, 0.05) is 11.9 Å².